The van der Waals surface area contributed by atoms with E-state index in [0.717, 1.165) is 51.6 Å². The first-order chi connectivity index (χ1) is 18.0. The molecule has 1 amide bonds. The third-order valence-corrected chi connectivity index (χ3v) is 8.01. The first-order valence-corrected chi connectivity index (χ1v) is 14.0. The number of thioether (sulfide) groups is 1. The Balaban J connectivity index is 1.16. The van der Waals surface area contributed by atoms with E-state index in [1.165, 1.54) is 23.8 Å². The quantitative estimate of drug-likeness (QED) is 0.267. The number of benzene rings is 3. The third-order valence-electron chi connectivity index (χ3n) is 5.99. The van der Waals surface area contributed by atoms with Gasteiger partial charge in [0.2, 0.25) is 5.91 Å². The lowest BCUT2D eigenvalue weighted by molar-refractivity contribution is -0.113. The Morgan fingerprint density at radius 2 is 1.76 bits per heavy atom. The number of aromatic nitrogens is 2. The lowest BCUT2D eigenvalue weighted by Gasteiger charge is -2.37. The van der Waals surface area contributed by atoms with Crippen LogP contribution in [0.15, 0.2) is 83.6 Å². The smallest absolute Gasteiger partial charge is 0.234 e. The summed E-state index contributed by atoms with van der Waals surface area (Å²) in [6.07, 6.45) is 1.53. The number of fused-ring (bicyclic) bond motifs is 1. The first-order valence-electron chi connectivity index (χ1n) is 11.8. The van der Waals surface area contributed by atoms with Crippen molar-refractivity contribution < 1.29 is 4.79 Å². The van der Waals surface area contributed by atoms with Crippen LogP contribution in [0.2, 0.25) is 0 Å². The number of anilines is 4. The molecular weight excluding hydrogens is 568 g/mol. The van der Waals surface area contributed by atoms with E-state index in [0.29, 0.717) is 11.5 Å². The van der Waals surface area contributed by atoms with Crippen molar-refractivity contribution in [2.75, 3.05) is 47.5 Å². The summed E-state index contributed by atoms with van der Waals surface area (Å²) in [5, 5.41) is 7.14. The Hall–Kier alpha value is -3.21. The molecule has 0 saturated carbocycles. The second kappa shape index (κ2) is 11.9. The highest BCUT2D eigenvalue weighted by molar-refractivity contribution is 9.10. The molecule has 1 aliphatic heterocycles. The van der Waals surface area contributed by atoms with E-state index in [9.17, 15) is 4.79 Å². The number of para-hydroxylation sites is 1. The van der Waals surface area contributed by atoms with E-state index in [4.69, 9.17) is 12.2 Å². The highest BCUT2D eigenvalue weighted by Gasteiger charge is 2.20. The zero-order valence-corrected chi connectivity index (χ0v) is 23.2. The summed E-state index contributed by atoms with van der Waals surface area (Å²) < 4.78 is 1.73. The van der Waals surface area contributed by atoms with Crippen molar-refractivity contribution in [1.29, 1.82) is 0 Å². The highest BCUT2D eigenvalue weighted by Crippen LogP contribution is 2.27. The number of hydrogen-bond acceptors (Lipinski definition) is 7. The highest BCUT2D eigenvalue weighted by atomic mass is 79.9. The average molecular weight is 594 g/mol. The van der Waals surface area contributed by atoms with E-state index < -0.39 is 0 Å². The summed E-state index contributed by atoms with van der Waals surface area (Å²) in [6.45, 7) is 3.51. The van der Waals surface area contributed by atoms with Crippen molar-refractivity contribution in [3.8, 4) is 0 Å². The van der Waals surface area contributed by atoms with E-state index in [1.54, 1.807) is 0 Å². The molecule has 0 radical (unpaired) electrons. The Morgan fingerprint density at radius 3 is 2.54 bits per heavy atom. The zero-order chi connectivity index (χ0) is 25.6. The van der Waals surface area contributed by atoms with E-state index in [-0.39, 0.29) is 11.7 Å². The zero-order valence-electron chi connectivity index (χ0n) is 19.9. The van der Waals surface area contributed by atoms with Gasteiger partial charge < -0.3 is 20.4 Å². The molecule has 0 unspecified atom stereocenters. The Bertz CT molecular complexity index is 1410. The molecule has 3 aromatic carbocycles. The summed E-state index contributed by atoms with van der Waals surface area (Å²) in [4.78, 5) is 26.0. The van der Waals surface area contributed by atoms with Gasteiger partial charge in [-0.3, -0.25) is 4.79 Å². The number of nitrogens with one attached hydrogen (secondary N) is 2. The predicted molar refractivity (Wildman–Crippen MR) is 161 cm³/mol. The molecule has 5 rings (SSSR count). The molecule has 0 aliphatic carbocycles. The molecule has 10 heteroatoms. The van der Waals surface area contributed by atoms with Crippen molar-refractivity contribution in [2.45, 2.75) is 0 Å². The Kier molecular flexibility index (Phi) is 8.18. The number of amides is 1. The average Bonchev–Trinajstić information content (AvgIpc) is 2.93. The van der Waals surface area contributed by atoms with Crippen LogP contribution in [0.4, 0.5) is 22.9 Å². The molecule has 0 spiro atoms. The number of carbonyl (C=O) groups excluding carboxylic acids is 1. The van der Waals surface area contributed by atoms with Gasteiger partial charge in [0.1, 0.15) is 16.5 Å². The van der Waals surface area contributed by atoms with Crippen molar-refractivity contribution in [3.05, 3.63) is 83.6 Å². The molecular formula is C27H25BrN6OS2. The minimum Gasteiger partial charge on any atom is -0.368 e. The molecule has 7 nitrogen and oxygen atoms in total. The monoisotopic (exact) mass is 592 g/mol. The molecule has 0 atom stereocenters. The fourth-order valence-corrected chi connectivity index (χ4v) is 5.59. The molecule has 188 valence electrons. The van der Waals surface area contributed by atoms with Gasteiger partial charge in [-0.1, -0.05) is 64.2 Å². The normalized spacial score (nSPS) is 13.4. The van der Waals surface area contributed by atoms with Gasteiger partial charge in [-0.05, 0) is 48.5 Å². The molecule has 1 saturated heterocycles. The number of rotatable bonds is 6. The minimum atomic E-state index is -0.104. The fourth-order valence-electron chi connectivity index (χ4n) is 4.14. The standard InChI is InChI=1S/C27H25BrN6OS2/c28-19-5-4-6-20(15-19)32-26-23-16-21(9-10-24(23)29-18-30-26)31-25(35)17-37-27(36)34-13-11-33(12-14-34)22-7-2-1-3-8-22/h1-10,15-16,18H,11-14,17H2,(H,31,35)(H,29,30,32). The summed E-state index contributed by atoms with van der Waals surface area (Å²) >= 11 is 10.5. The Morgan fingerprint density at radius 1 is 0.946 bits per heavy atom. The van der Waals surface area contributed by atoms with E-state index >= 15 is 0 Å². The number of halogens is 1. The Labute approximate surface area is 233 Å². The number of thiocarbonyl (C=S) groups is 1. The third kappa shape index (κ3) is 6.57. The van der Waals surface area contributed by atoms with Crippen LogP contribution in [0.5, 0.6) is 0 Å². The summed E-state index contributed by atoms with van der Waals surface area (Å²) in [5.41, 5.74) is 3.61. The number of hydrogen-bond donors (Lipinski definition) is 2. The molecule has 4 aromatic rings. The van der Waals surface area contributed by atoms with E-state index in [2.05, 4.69) is 70.6 Å². The van der Waals surface area contributed by atoms with Gasteiger partial charge in [0.25, 0.3) is 0 Å². The van der Waals surface area contributed by atoms with Crippen molar-refractivity contribution in [1.82, 2.24) is 14.9 Å². The molecule has 37 heavy (non-hydrogen) atoms. The minimum absolute atomic E-state index is 0.104. The van der Waals surface area contributed by atoms with Crippen LogP contribution in [0.1, 0.15) is 0 Å². The van der Waals surface area contributed by atoms with Crippen LogP contribution in [0.3, 0.4) is 0 Å². The van der Waals surface area contributed by atoms with Gasteiger partial charge in [-0.25, -0.2) is 9.97 Å². The number of carbonyl (C=O) groups is 1. The van der Waals surface area contributed by atoms with Gasteiger partial charge in [-0.15, -0.1) is 0 Å². The van der Waals surface area contributed by atoms with Crippen molar-refractivity contribution in [2.24, 2.45) is 0 Å². The van der Waals surface area contributed by atoms with Gasteiger partial charge >= 0.3 is 0 Å². The predicted octanol–water partition coefficient (Wildman–Crippen LogP) is 5.91. The summed E-state index contributed by atoms with van der Waals surface area (Å²) in [5.74, 6) is 0.821. The van der Waals surface area contributed by atoms with Crippen LogP contribution < -0.4 is 15.5 Å². The molecule has 1 aromatic heterocycles. The fraction of sp³-hybridized carbons (Fsp3) is 0.185. The lowest BCUT2D eigenvalue weighted by atomic mass is 10.2. The van der Waals surface area contributed by atoms with Crippen molar-refractivity contribution >= 4 is 83.9 Å². The molecule has 2 N–H and O–H groups in total. The summed E-state index contributed by atoms with van der Waals surface area (Å²) in [7, 11) is 0. The van der Waals surface area contributed by atoms with Crippen molar-refractivity contribution in [3.63, 3.8) is 0 Å². The maximum atomic E-state index is 12.7. The largest absolute Gasteiger partial charge is 0.368 e. The SMILES string of the molecule is O=C(CSC(=S)N1CCN(c2ccccc2)CC1)Nc1ccc2ncnc(Nc3cccc(Br)c3)c2c1. The topological polar surface area (TPSA) is 73.4 Å². The van der Waals surface area contributed by atoms with Gasteiger partial charge in [0.05, 0.1) is 11.3 Å². The van der Waals surface area contributed by atoms with E-state index in [1.807, 2.05) is 48.5 Å². The second-order valence-corrected chi connectivity index (χ2v) is 11.0. The van der Waals surface area contributed by atoms with Crippen LogP contribution in [-0.4, -0.2) is 57.0 Å². The number of nitrogens with zero attached hydrogens (tertiary/aromatic N) is 4. The lowest BCUT2D eigenvalue weighted by Crippen LogP contribution is -2.47. The van der Waals surface area contributed by atoms with Gasteiger partial charge in [-0.2, -0.15) is 0 Å². The first kappa shape index (κ1) is 25.4. The van der Waals surface area contributed by atoms with Gasteiger partial charge in [0, 0.05) is 53.1 Å². The second-order valence-electron chi connectivity index (χ2n) is 8.50. The maximum absolute atomic E-state index is 12.7. The molecule has 2 heterocycles. The van der Waals surface area contributed by atoms with Crippen LogP contribution >= 0.6 is 39.9 Å². The summed E-state index contributed by atoms with van der Waals surface area (Å²) in [6, 6.07) is 23.9. The van der Waals surface area contributed by atoms with Crippen LogP contribution in [0, 0.1) is 0 Å². The molecule has 1 aliphatic rings. The maximum Gasteiger partial charge on any atom is 0.234 e. The van der Waals surface area contributed by atoms with Crippen LogP contribution in [-0.2, 0) is 4.79 Å². The number of piperazine rings is 1. The molecule has 1 fully saturated rings. The van der Waals surface area contributed by atoms with Gasteiger partial charge in [0.15, 0.2) is 0 Å². The molecule has 0 bridgehead atoms. The van der Waals surface area contributed by atoms with Crippen LogP contribution in [0.25, 0.3) is 10.9 Å².